The van der Waals surface area contributed by atoms with Gasteiger partial charge in [0.15, 0.2) is 0 Å². The van der Waals surface area contributed by atoms with Gasteiger partial charge in [-0.2, -0.15) is 0 Å². The Morgan fingerprint density at radius 2 is 2.19 bits per heavy atom. The van der Waals surface area contributed by atoms with Crippen molar-refractivity contribution in [2.45, 2.75) is 19.4 Å². The molecule has 0 aliphatic heterocycles. The first-order valence-corrected chi connectivity index (χ1v) is 4.78. The topological polar surface area (TPSA) is 81.2 Å². The van der Waals surface area contributed by atoms with Gasteiger partial charge in [0.1, 0.15) is 11.5 Å². The van der Waals surface area contributed by atoms with Crippen LogP contribution in [-0.2, 0) is 0 Å². The van der Waals surface area contributed by atoms with Crippen LogP contribution in [0, 0.1) is 15.9 Å². The van der Waals surface area contributed by atoms with Crippen LogP contribution in [0.5, 0.6) is 0 Å². The average Bonchev–Trinajstić information content (AvgIpc) is 2.16. The van der Waals surface area contributed by atoms with Gasteiger partial charge >= 0.3 is 0 Å². The molecule has 0 heterocycles. The normalized spacial score (nSPS) is 11.2. The number of nitrogens with one attached hydrogen (secondary N) is 1. The van der Waals surface area contributed by atoms with Crippen molar-refractivity contribution in [2.24, 2.45) is 5.73 Å². The number of nitrogens with two attached hydrogens (primary N) is 1. The Hall–Kier alpha value is -1.69. The number of hydrogen-bond acceptors (Lipinski definition) is 4. The number of nitro benzene ring substituents is 1. The molecule has 88 valence electrons. The molecule has 5 nitrogen and oxygen atoms in total. The fraction of sp³-hybridized carbons (Fsp3) is 0.400. The molecule has 0 aromatic heterocycles. The first-order valence-electron chi connectivity index (χ1n) is 4.78. The molecule has 0 saturated carbocycles. The molecule has 1 aromatic rings. The summed E-state index contributed by atoms with van der Waals surface area (Å²) in [5.41, 5.74) is 4.94. The van der Waals surface area contributed by atoms with Gasteiger partial charge < -0.3 is 11.1 Å². The molecule has 1 rings (SSSR count). The number of benzene rings is 1. The maximum atomic E-state index is 13.0. The van der Waals surface area contributed by atoms with Crippen molar-refractivity contribution in [2.75, 3.05) is 11.9 Å². The van der Waals surface area contributed by atoms with Crippen LogP contribution in [0.1, 0.15) is 13.8 Å². The van der Waals surface area contributed by atoms with E-state index < -0.39 is 16.3 Å². The first-order chi connectivity index (χ1) is 7.35. The molecule has 3 N–H and O–H groups in total. The van der Waals surface area contributed by atoms with Crippen molar-refractivity contribution in [3.05, 3.63) is 34.1 Å². The predicted octanol–water partition coefficient (Wildman–Crippen LogP) is 1.88. The van der Waals surface area contributed by atoms with Crippen molar-refractivity contribution in [1.82, 2.24) is 0 Å². The highest BCUT2D eigenvalue weighted by molar-refractivity contribution is 5.62. The van der Waals surface area contributed by atoms with Gasteiger partial charge in [-0.25, -0.2) is 4.39 Å². The quantitative estimate of drug-likeness (QED) is 0.607. The van der Waals surface area contributed by atoms with Crippen molar-refractivity contribution < 1.29 is 9.31 Å². The maximum absolute atomic E-state index is 13.0. The van der Waals surface area contributed by atoms with E-state index in [2.05, 4.69) is 5.32 Å². The minimum atomic E-state index is -0.561. The minimum Gasteiger partial charge on any atom is -0.373 e. The Bertz CT molecular complexity index is 407. The van der Waals surface area contributed by atoms with Crippen molar-refractivity contribution in [3.8, 4) is 0 Å². The van der Waals surface area contributed by atoms with E-state index in [0.717, 1.165) is 18.2 Å². The Balaban J connectivity index is 3.10. The summed E-state index contributed by atoms with van der Waals surface area (Å²) in [6.45, 7) is 3.84. The van der Waals surface area contributed by atoms with E-state index in [-0.39, 0.29) is 17.9 Å². The van der Waals surface area contributed by atoms with Crippen LogP contribution in [-0.4, -0.2) is 17.0 Å². The zero-order valence-electron chi connectivity index (χ0n) is 9.16. The van der Waals surface area contributed by atoms with Crippen LogP contribution in [0.3, 0.4) is 0 Å². The fourth-order valence-corrected chi connectivity index (χ4v) is 1.18. The molecule has 0 amide bonds. The zero-order chi connectivity index (χ0) is 12.3. The molecule has 0 aliphatic rings. The smallest absolute Gasteiger partial charge is 0.292 e. The highest BCUT2D eigenvalue weighted by Crippen LogP contribution is 2.27. The Morgan fingerprint density at radius 1 is 1.56 bits per heavy atom. The lowest BCUT2D eigenvalue weighted by molar-refractivity contribution is -0.384. The summed E-state index contributed by atoms with van der Waals surface area (Å²) in [5.74, 6) is -0.527. The molecule has 0 atom stereocenters. The SMILES string of the molecule is CC(C)(CN)Nc1cc(F)ccc1[N+](=O)[O-]. The predicted molar refractivity (Wildman–Crippen MR) is 59.8 cm³/mol. The van der Waals surface area contributed by atoms with Crippen LogP contribution >= 0.6 is 0 Å². The Labute approximate surface area is 92.6 Å². The van der Waals surface area contributed by atoms with Gasteiger partial charge in [-0.1, -0.05) is 0 Å². The van der Waals surface area contributed by atoms with Gasteiger partial charge in [0.05, 0.1) is 4.92 Å². The second-order valence-electron chi connectivity index (χ2n) is 4.13. The number of rotatable bonds is 4. The fourth-order valence-electron chi connectivity index (χ4n) is 1.18. The average molecular weight is 227 g/mol. The van der Waals surface area contributed by atoms with Crippen molar-refractivity contribution in [1.29, 1.82) is 0 Å². The third-order valence-electron chi connectivity index (χ3n) is 2.14. The zero-order valence-corrected chi connectivity index (χ0v) is 9.16. The van der Waals surface area contributed by atoms with E-state index in [1.165, 1.54) is 0 Å². The molecule has 0 fully saturated rings. The highest BCUT2D eigenvalue weighted by atomic mass is 19.1. The number of nitrogens with zero attached hydrogens (tertiary/aromatic N) is 1. The second-order valence-corrected chi connectivity index (χ2v) is 4.13. The minimum absolute atomic E-state index is 0.139. The molecule has 16 heavy (non-hydrogen) atoms. The third kappa shape index (κ3) is 2.90. The lowest BCUT2D eigenvalue weighted by atomic mass is 10.1. The summed E-state index contributed by atoms with van der Waals surface area (Å²) in [6.07, 6.45) is 0. The molecule has 0 aliphatic carbocycles. The van der Waals surface area contributed by atoms with E-state index in [1.807, 2.05) is 0 Å². The number of anilines is 1. The summed E-state index contributed by atoms with van der Waals surface area (Å²) < 4.78 is 13.0. The van der Waals surface area contributed by atoms with E-state index in [4.69, 9.17) is 5.73 Å². The summed E-state index contributed by atoms with van der Waals surface area (Å²) in [7, 11) is 0. The van der Waals surface area contributed by atoms with Crippen LogP contribution in [0.4, 0.5) is 15.8 Å². The van der Waals surface area contributed by atoms with Gasteiger partial charge in [0.25, 0.3) is 5.69 Å². The maximum Gasteiger partial charge on any atom is 0.292 e. The summed E-state index contributed by atoms with van der Waals surface area (Å²) in [6, 6.07) is 3.28. The van der Waals surface area contributed by atoms with Crippen LogP contribution < -0.4 is 11.1 Å². The molecule has 0 unspecified atom stereocenters. The van der Waals surface area contributed by atoms with Gasteiger partial charge in [-0.3, -0.25) is 10.1 Å². The molecule has 1 aromatic carbocycles. The highest BCUT2D eigenvalue weighted by Gasteiger charge is 2.21. The standard InChI is InChI=1S/C10H14FN3O2/c1-10(2,6-12)13-8-5-7(11)3-4-9(8)14(15)16/h3-5,13H,6,12H2,1-2H3. The molecule has 6 heteroatoms. The van der Waals surface area contributed by atoms with Gasteiger partial charge in [0, 0.05) is 24.2 Å². The van der Waals surface area contributed by atoms with Crippen molar-refractivity contribution >= 4 is 11.4 Å². The summed E-state index contributed by atoms with van der Waals surface area (Å²) >= 11 is 0. The second kappa shape index (κ2) is 4.44. The van der Waals surface area contributed by atoms with Crippen LogP contribution in [0.25, 0.3) is 0 Å². The molecule has 0 bridgehead atoms. The van der Waals surface area contributed by atoms with Crippen LogP contribution in [0.2, 0.25) is 0 Å². The number of nitro groups is 1. The third-order valence-corrected chi connectivity index (χ3v) is 2.14. The van der Waals surface area contributed by atoms with Gasteiger partial charge in [-0.15, -0.1) is 0 Å². The van der Waals surface area contributed by atoms with E-state index in [0.29, 0.717) is 0 Å². The molecular weight excluding hydrogens is 213 g/mol. The molecular formula is C10H14FN3O2. The monoisotopic (exact) mass is 227 g/mol. The lowest BCUT2D eigenvalue weighted by Crippen LogP contribution is -2.39. The molecule has 0 spiro atoms. The summed E-state index contributed by atoms with van der Waals surface area (Å²) in [4.78, 5) is 10.2. The number of hydrogen-bond donors (Lipinski definition) is 2. The van der Waals surface area contributed by atoms with E-state index in [9.17, 15) is 14.5 Å². The van der Waals surface area contributed by atoms with Gasteiger partial charge in [-0.05, 0) is 19.9 Å². The Morgan fingerprint density at radius 3 is 2.69 bits per heavy atom. The summed E-state index contributed by atoms with van der Waals surface area (Å²) in [5, 5.41) is 13.6. The first kappa shape index (κ1) is 12.4. The van der Waals surface area contributed by atoms with E-state index >= 15 is 0 Å². The number of halogens is 1. The van der Waals surface area contributed by atoms with Gasteiger partial charge in [0.2, 0.25) is 0 Å². The molecule has 0 radical (unpaired) electrons. The lowest BCUT2D eigenvalue weighted by Gasteiger charge is -2.25. The van der Waals surface area contributed by atoms with Crippen LogP contribution in [0.15, 0.2) is 18.2 Å². The molecule has 0 saturated heterocycles. The van der Waals surface area contributed by atoms with Crippen molar-refractivity contribution in [3.63, 3.8) is 0 Å². The van der Waals surface area contributed by atoms with E-state index in [1.54, 1.807) is 13.8 Å². The Kier molecular flexibility index (Phi) is 3.44. The largest absolute Gasteiger partial charge is 0.373 e.